The number of carbonyl (C=O) groups is 1. The van der Waals surface area contributed by atoms with Gasteiger partial charge in [0, 0.05) is 37.0 Å². The average Bonchev–Trinajstić information content (AvgIpc) is 3.25. The number of benzene rings is 1. The Morgan fingerprint density at radius 2 is 1.64 bits per heavy atom. The van der Waals surface area contributed by atoms with E-state index in [0.717, 1.165) is 24.1 Å². The molecule has 0 amide bonds. The van der Waals surface area contributed by atoms with Gasteiger partial charge in [-0.1, -0.05) is 41.5 Å². The Morgan fingerprint density at radius 1 is 1.03 bits per heavy atom. The predicted molar refractivity (Wildman–Crippen MR) is 150 cm³/mol. The van der Waals surface area contributed by atoms with E-state index in [4.69, 9.17) is 0 Å². The van der Waals surface area contributed by atoms with Crippen LogP contribution in [0.2, 0.25) is 0 Å². The van der Waals surface area contributed by atoms with Crippen molar-refractivity contribution < 1.29 is 30.0 Å². The molecule has 3 nitrogen and oxygen atoms in total. The van der Waals surface area contributed by atoms with Gasteiger partial charge in [0.25, 0.3) is 0 Å². The number of fused-ring (bicyclic) bond motifs is 1. The number of allylic oxidation sites excluding steroid dienone is 2. The number of rotatable bonds is 5. The molecule has 3 aromatic rings. The van der Waals surface area contributed by atoms with E-state index in [0.29, 0.717) is 14.5 Å². The molecule has 0 unspecified atom stereocenters. The number of pyridine rings is 1. The first-order valence-corrected chi connectivity index (χ1v) is 14.3. The van der Waals surface area contributed by atoms with Crippen LogP contribution in [0.1, 0.15) is 86.3 Å². The Kier molecular flexibility index (Phi) is 11.6. The third-order valence-corrected chi connectivity index (χ3v) is 8.47. The van der Waals surface area contributed by atoms with Crippen LogP contribution in [0.4, 0.5) is 0 Å². The smallest absolute Gasteiger partial charge is 0 e. The fraction of sp³-hybridized carbons (Fsp3) is 0.484. The van der Waals surface area contributed by atoms with Crippen LogP contribution in [0, 0.1) is 23.8 Å². The summed E-state index contributed by atoms with van der Waals surface area (Å²) in [5.74, 6) is 0.104. The molecule has 1 aromatic carbocycles. The molecule has 0 aliphatic rings. The van der Waals surface area contributed by atoms with Crippen molar-refractivity contribution >= 4 is 29.9 Å². The predicted octanol–water partition coefficient (Wildman–Crippen LogP) is 8.23. The Bertz CT molecular complexity index is 1190. The molecule has 0 saturated carbocycles. The van der Waals surface area contributed by atoms with Crippen molar-refractivity contribution in [2.75, 3.05) is 0 Å². The quantitative estimate of drug-likeness (QED) is 0.125. The van der Waals surface area contributed by atoms with Gasteiger partial charge in [-0.25, -0.2) is 0 Å². The van der Waals surface area contributed by atoms with Crippen molar-refractivity contribution in [2.24, 2.45) is 10.8 Å². The average molecular weight is 732 g/mol. The van der Waals surface area contributed by atoms with Crippen LogP contribution in [0.25, 0.3) is 20.9 Å². The largest absolute Gasteiger partial charge is 0 e. The van der Waals surface area contributed by atoms with Crippen molar-refractivity contribution in [3.05, 3.63) is 64.4 Å². The van der Waals surface area contributed by atoms with E-state index in [9.17, 15) is 9.90 Å². The van der Waals surface area contributed by atoms with Gasteiger partial charge in [-0.15, -0.1) is 0 Å². The summed E-state index contributed by atoms with van der Waals surface area (Å²) in [6, 6.07) is 12.5. The second kappa shape index (κ2) is 12.8. The Hall–Kier alpha value is -1.51. The zero-order valence-electron chi connectivity index (χ0n) is 23.5. The monoisotopic (exact) mass is 733 g/mol. The van der Waals surface area contributed by atoms with Crippen molar-refractivity contribution in [1.82, 2.24) is 4.98 Å². The molecule has 3 rings (SSSR count). The number of nitrogens with zero attached hydrogens (tertiary/aromatic N) is 1. The molecule has 36 heavy (non-hydrogen) atoms. The number of aromatic nitrogens is 1. The van der Waals surface area contributed by atoms with Crippen LogP contribution in [0.3, 0.4) is 0 Å². The molecule has 0 spiro atoms. The van der Waals surface area contributed by atoms with E-state index >= 15 is 0 Å². The molecule has 0 saturated heterocycles. The van der Waals surface area contributed by atoms with Crippen molar-refractivity contribution in [1.29, 1.82) is 0 Å². The van der Waals surface area contributed by atoms with Gasteiger partial charge in [-0.05, 0) is 0 Å². The van der Waals surface area contributed by atoms with Gasteiger partial charge in [0.1, 0.15) is 5.76 Å². The SMILES string of the molecule is CC(C)(C)C(=O)/C=C(\O)C(C)(C)C.CCC(C)(CC)c1cc(C)[c-]c(-c2cc3cc[se]c3cn2)c1.[Ir]. The standard InChI is InChI=1S/C20H22NSe.C11H20O2.Ir/c1-5-20(4,6-2)17-10-14(3)9-16(11-17)18-12-15-7-8-22-19(15)13-21-18;1-10(2,3)8(12)7-9(13)11(4,5)6;/h7-8,10-13H,5-6H2,1-4H3;7,12H,1-6H3;/q-1;;/b;8-7-;. The Morgan fingerprint density at radius 3 is 2.17 bits per heavy atom. The number of aliphatic hydroxyl groups is 1. The Labute approximate surface area is 237 Å². The van der Waals surface area contributed by atoms with Crippen molar-refractivity contribution in [3.63, 3.8) is 0 Å². The molecule has 2 heterocycles. The molecule has 0 aliphatic heterocycles. The maximum absolute atomic E-state index is 11.5. The zero-order chi connectivity index (χ0) is 26.6. The number of ketones is 1. The summed E-state index contributed by atoms with van der Waals surface area (Å²) in [5.41, 5.74) is 4.24. The molecular formula is C31H42IrNO2Se-. The second-order valence-electron chi connectivity index (χ2n) is 11.7. The first-order valence-electron chi connectivity index (χ1n) is 12.4. The maximum atomic E-state index is 11.5. The molecule has 1 N–H and O–H groups in total. The number of hydrogen-bond donors (Lipinski definition) is 1. The van der Waals surface area contributed by atoms with Crippen molar-refractivity contribution in [3.8, 4) is 11.3 Å². The minimum Gasteiger partial charge on any atom is 0 e. The molecule has 2 aromatic heterocycles. The Balaban J connectivity index is 0.000000402. The summed E-state index contributed by atoms with van der Waals surface area (Å²) in [6.07, 6.45) is 5.67. The first kappa shape index (κ1) is 32.5. The van der Waals surface area contributed by atoms with Crippen molar-refractivity contribution in [2.45, 2.75) is 87.5 Å². The summed E-state index contributed by atoms with van der Waals surface area (Å²) in [6.45, 7) is 20.1. The molecule has 1 radical (unpaired) electrons. The third kappa shape index (κ3) is 8.52. The number of aliphatic hydroxyl groups excluding tert-OH is 1. The van der Waals surface area contributed by atoms with Crippen LogP contribution in [-0.2, 0) is 30.3 Å². The van der Waals surface area contributed by atoms with Crippen LogP contribution in [-0.4, -0.2) is 30.4 Å². The third-order valence-electron chi connectivity index (χ3n) is 6.65. The van der Waals surface area contributed by atoms with Gasteiger partial charge in [0.05, 0.1) is 0 Å². The van der Waals surface area contributed by atoms with Gasteiger partial charge in [0.15, 0.2) is 5.78 Å². The summed E-state index contributed by atoms with van der Waals surface area (Å²) < 4.78 is 1.39. The van der Waals surface area contributed by atoms with Crippen LogP contribution < -0.4 is 0 Å². The minimum absolute atomic E-state index is 0. The summed E-state index contributed by atoms with van der Waals surface area (Å²) in [5, 5.41) is 10.9. The zero-order valence-corrected chi connectivity index (χ0v) is 27.6. The van der Waals surface area contributed by atoms with E-state index in [1.807, 2.05) is 47.7 Å². The van der Waals surface area contributed by atoms with E-state index < -0.39 is 5.41 Å². The van der Waals surface area contributed by atoms with Gasteiger partial charge in [-0.3, -0.25) is 4.79 Å². The fourth-order valence-corrected chi connectivity index (χ4v) is 4.98. The molecule has 199 valence electrons. The van der Waals surface area contributed by atoms with Crippen LogP contribution in [0.15, 0.2) is 47.2 Å². The van der Waals surface area contributed by atoms with E-state index in [1.54, 1.807) is 0 Å². The first-order chi connectivity index (χ1) is 16.1. The minimum atomic E-state index is -0.417. The van der Waals surface area contributed by atoms with Gasteiger partial charge < -0.3 is 5.11 Å². The molecule has 5 heteroatoms. The topological polar surface area (TPSA) is 50.2 Å². The molecule has 0 fully saturated rings. The van der Waals surface area contributed by atoms with Gasteiger partial charge >= 0.3 is 139 Å². The van der Waals surface area contributed by atoms with E-state index in [-0.39, 0.29) is 42.5 Å². The van der Waals surface area contributed by atoms with Gasteiger partial charge in [0.2, 0.25) is 0 Å². The number of hydrogen-bond acceptors (Lipinski definition) is 3. The van der Waals surface area contributed by atoms with E-state index in [2.05, 4.69) is 68.0 Å². The molecule has 0 aliphatic carbocycles. The maximum Gasteiger partial charge on any atom is 0 e. The molecular weight excluding hydrogens is 690 g/mol. The number of carbonyl (C=O) groups excluding carboxylic acids is 1. The van der Waals surface area contributed by atoms with Crippen LogP contribution in [0.5, 0.6) is 0 Å². The van der Waals surface area contributed by atoms with Gasteiger partial charge in [-0.2, -0.15) is 0 Å². The summed E-state index contributed by atoms with van der Waals surface area (Å²) in [4.78, 5) is 18.4. The molecule has 0 atom stereocenters. The summed E-state index contributed by atoms with van der Waals surface area (Å²) in [7, 11) is 0. The van der Waals surface area contributed by atoms with E-state index in [1.165, 1.54) is 26.8 Å². The fourth-order valence-electron chi connectivity index (χ4n) is 3.43. The summed E-state index contributed by atoms with van der Waals surface area (Å²) >= 11 is 0.464. The van der Waals surface area contributed by atoms with Crippen LogP contribution >= 0.6 is 0 Å². The normalized spacial score (nSPS) is 12.6. The number of aryl methyl sites for hydroxylation is 1. The molecule has 0 bridgehead atoms. The second-order valence-corrected chi connectivity index (χ2v) is 13.6.